The van der Waals surface area contributed by atoms with E-state index in [4.69, 9.17) is 4.74 Å². The van der Waals surface area contributed by atoms with Gasteiger partial charge in [-0.3, -0.25) is 14.4 Å². The molecule has 0 aromatic rings. The van der Waals surface area contributed by atoms with Crippen LogP contribution in [0.25, 0.3) is 0 Å². The van der Waals surface area contributed by atoms with Crippen LogP contribution in [0.2, 0.25) is 0 Å². The highest BCUT2D eigenvalue weighted by atomic mass is 19.3. The van der Waals surface area contributed by atoms with Gasteiger partial charge in [-0.1, -0.05) is 0 Å². The number of piperazine rings is 1. The molecular weight excluding hydrogens is 338 g/mol. The van der Waals surface area contributed by atoms with E-state index in [0.29, 0.717) is 38.6 Å². The number of ether oxygens (including phenoxy) is 2. The third-order valence-corrected chi connectivity index (χ3v) is 5.15. The average Bonchev–Trinajstić information content (AvgIpc) is 3.07. The van der Waals surface area contributed by atoms with Gasteiger partial charge in [0.1, 0.15) is 18.7 Å². The number of nitrogens with zero attached hydrogens (tertiary/aromatic N) is 1. The van der Waals surface area contributed by atoms with E-state index in [-0.39, 0.29) is 24.3 Å². The van der Waals surface area contributed by atoms with Gasteiger partial charge in [0, 0.05) is 6.54 Å². The number of esters is 1. The summed E-state index contributed by atoms with van der Waals surface area (Å²) in [4.78, 5) is 38.0. The van der Waals surface area contributed by atoms with E-state index in [1.165, 1.54) is 0 Å². The summed E-state index contributed by atoms with van der Waals surface area (Å²) < 4.78 is 34.0. The van der Waals surface area contributed by atoms with Gasteiger partial charge in [-0.25, -0.2) is 0 Å². The average molecular weight is 360 g/mol. The summed E-state index contributed by atoms with van der Waals surface area (Å²) in [5, 5.41) is 2.61. The molecule has 7 nitrogen and oxygen atoms in total. The molecule has 0 radical (unpaired) electrons. The van der Waals surface area contributed by atoms with Crippen LogP contribution in [0, 0.1) is 5.92 Å². The van der Waals surface area contributed by atoms with Gasteiger partial charge >= 0.3 is 12.6 Å². The lowest BCUT2D eigenvalue weighted by Gasteiger charge is -2.34. The van der Waals surface area contributed by atoms with Crippen LogP contribution in [-0.4, -0.2) is 60.6 Å². The molecule has 3 rings (SSSR count). The molecule has 0 aromatic heterocycles. The Bertz CT molecular complexity index is 537. The van der Waals surface area contributed by atoms with Gasteiger partial charge in [-0.05, 0) is 38.5 Å². The third kappa shape index (κ3) is 4.08. The number of hydrogen-bond acceptors (Lipinski definition) is 5. The molecule has 140 valence electrons. The van der Waals surface area contributed by atoms with Crippen molar-refractivity contribution in [2.24, 2.45) is 5.92 Å². The van der Waals surface area contributed by atoms with Gasteiger partial charge in [0.25, 0.3) is 0 Å². The van der Waals surface area contributed by atoms with E-state index in [1.54, 1.807) is 4.90 Å². The van der Waals surface area contributed by atoms with Crippen molar-refractivity contribution in [3.05, 3.63) is 0 Å². The topological polar surface area (TPSA) is 84.9 Å². The number of nitrogens with one attached hydrogen (secondary N) is 1. The Labute approximate surface area is 144 Å². The predicted octanol–water partition coefficient (Wildman–Crippen LogP) is 0.817. The maximum absolute atomic E-state index is 12.3. The summed E-state index contributed by atoms with van der Waals surface area (Å²) in [5.74, 6) is -1.26. The standard InChI is InChI=1S/C16H22F2N2O5/c17-16(18)25-10-5-3-9(4-6-10)15(23)24-8-11-14(22)20-7-1-2-12(20)13(21)19-11/h9-12,16H,1-8H2,(H,19,21)/t9?,10?,11-,12-/m0/s1. The molecule has 1 N–H and O–H groups in total. The van der Waals surface area contributed by atoms with Crippen LogP contribution >= 0.6 is 0 Å². The van der Waals surface area contributed by atoms with Crippen molar-refractivity contribution >= 4 is 17.8 Å². The Balaban J connectivity index is 1.45. The minimum atomic E-state index is -2.80. The molecule has 2 aliphatic heterocycles. The number of fused-ring (bicyclic) bond motifs is 1. The predicted molar refractivity (Wildman–Crippen MR) is 80.5 cm³/mol. The molecule has 3 aliphatic rings. The Morgan fingerprint density at radius 1 is 1.20 bits per heavy atom. The van der Waals surface area contributed by atoms with Gasteiger partial charge in [0.05, 0.1) is 12.0 Å². The molecule has 9 heteroatoms. The number of rotatable bonds is 5. The SMILES string of the molecule is O=C(OC[C@@H]1NC(=O)[C@@H]2CCCN2C1=O)C1CCC(OC(F)F)CC1. The number of alkyl halides is 2. The Morgan fingerprint density at radius 3 is 2.60 bits per heavy atom. The largest absolute Gasteiger partial charge is 0.463 e. The minimum Gasteiger partial charge on any atom is -0.463 e. The van der Waals surface area contributed by atoms with E-state index in [1.807, 2.05) is 0 Å². The molecule has 2 amide bonds. The van der Waals surface area contributed by atoms with Crippen LogP contribution in [0.15, 0.2) is 0 Å². The molecule has 2 saturated heterocycles. The first-order valence-corrected chi connectivity index (χ1v) is 8.67. The molecule has 2 heterocycles. The third-order valence-electron chi connectivity index (χ3n) is 5.15. The lowest BCUT2D eigenvalue weighted by Crippen LogP contribution is -2.62. The Kier molecular flexibility index (Phi) is 5.51. The first kappa shape index (κ1) is 18.0. The molecule has 25 heavy (non-hydrogen) atoms. The quantitative estimate of drug-likeness (QED) is 0.734. The second kappa shape index (κ2) is 7.63. The molecule has 0 bridgehead atoms. The summed E-state index contributed by atoms with van der Waals surface area (Å²) in [7, 11) is 0. The monoisotopic (exact) mass is 360 g/mol. The normalized spacial score (nSPS) is 32.5. The summed E-state index contributed by atoms with van der Waals surface area (Å²) in [5.41, 5.74) is 0. The second-order valence-electron chi connectivity index (χ2n) is 6.75. The first-order chi connectivity index (χ1) is 12.0. The van der Waals surface area contributed by atoms with Crippen LogP contribution in [0.4, 0.5) is 8.78 Å². The van der Waals surface area contributed by atoms with Crippen molar-refractivity contribution in [3.8, 4) is 0 Å². The zero-order chi connectivity index (χ0) is 18.0. The van der Waals surface area contributed by atoms with Crippen LogP contribution in [0.1, 0.15) is 38.5 Å². The Hall–Kier alpha value is -1.77. The van der Waals surface area contributed by atoms with Gasteiger partial charge in [-0.15, -0.1) is 0 Å². The fourth-order valence-corrected chi connectivity index (χ4v) is 3.81. The number of carbonyl (C=O) groups excluding carboxylic acids is 3. The molecule has 1 aliphatic carbocycles. The fourth-order valence-electron chi connectivity index (χ4n) is 3.81. The Morgan fingerprint density at radius 2 is 1.92 bits per heavy atom. The maximum Gasteiger partial charge on any atom is 0.345 e. The highest BCUT2D eigenvalue weighted by Crippen LogP contribution is 2.28. The summed E-state index contributed by atoms with van der Waals surface area (Å²) >= 11 is 0. The van der Waals surface area contributed by atoms with Crippen molar-refractivity contribution in [1.82, 2.24) is 10.2 Å². The zero-order valence-electron chi connectivity index (χ0n) is 13.8. The van der Waals surface area contributed by atoms with E-state index < -0.39 is 30.8 Å². The van der Waals surface area contributed by atoms with Gasteiger partial charge in [0.15, 0.2) is 0 Å². The molecule has 0 aromatic carbocycles. The summed E-state index contributed by atoms with van der Waals surface area (Å²) in [6.45, 7) is -2.45. The van der Waals surface area contributed by atoms with Crippen LogP contribution in [0.3, 0.4) is 0 Å². The summed E-state index contributed by atoms with van der Waals surface area (Å²) in [6, 6.07) is -1.24. The molecule has 1 saturated carbocycles. The van der Waals surface area contributed by atoms with Crippen molar-refractivity contribution in [2.45, 2.75) is 63.3 Å². The molecule has 2 atom stereocenters. The van der Waals surface area contributed by atoms with Crippen molar-refractivity contribution in [3.63, 3.8) is 0 Å². The van der Waals surface area contributed by atoms with Crippen molar-refractivity contribution < 1.29 is 32.6 Å². The van der Waals surface area contributed by atoms with E-state index in [2.05, 4.69) is 10.1 Å². The zero-order valence-corrected chi connectivity index (χ0v) is 13.8. The van der Waals surface area contributed by atoms with E-state index >= 15 is 0 Å². The smallest absolute Gasteiger partial charge is 0.345 e. The van der Waals surface area contributed by atoms with Gasteiger partial charge < -0.3 is 19.7 Å². The lowest BCUT2D eigenvalue weighted by atomic mass is 9.87. The second-order valence-corrected chi connectivity index (χ2v) is 6.75. The van der Waals surface area contributed by atoms with Crippen molar-refractivity contribution in [1.29, 1.82) is 0 Å². The maximum atomic E-state index is 12.3. The number of halogens is 2. The summed E-state index contributed by atoms with van der Waals surface area (Å²) in [6.07, 6.45) is 2.49. The van der Waals surface area contributed by atoms with Crippen LogP contribution in [0.5, 0.6) is 0 Å². The van der Waals surface area contributed by atoms with Crippen LogP contribution in [-0.2, 0) is 23.9 Å². The van der Waals surface area contributed by atoms with Gasteiger partial charge in [-0.2, -0.15) is 8.78 Å². The highest BCUT2D eigenvalue weighted by molar-refractivity contribution is 5.97. The van der Waals surface area contributed by atoms with Gasteiger partial charge in [0.2, 0.25) is 11.8 Å². The molecule has 0 unspecified atom stereocenters. The minimum absolute atomic E-state index is 0.194. The number of hydrogen-bond donors (Lipinski definition) is 1. The fraction of sp³-hybridized carbons (Fsp3) is 0.812. The number of amides is 2. The molecular formula is C16H22F2N2O5. The number of carbonyl (C=O) groups is 3. The van der Waals surface area contributed by atoms with Crippen LogP contribution < -0.4 is 5.32 Å². The first-order valence-electron chi connectivity index (χ1n) is 8.67. The van der Waals surface area contributed by atoms with E-state index in [9.17, 15) is 23.2 Å². The molecule has 0 spiro atoms. The highest BCUT2D eigenvalue weighted by Gasteiger charge is 2.43. The lowest BCUT2D eigenvalue weighted by molar-refractivity contribution is -0.175. The van der Waals surface area contributed by atoms with Crippen molar-refractivity contribution in [2.75, 3.05) is 13.2 Å². The van der Waals surface area contributed by atoms with E-state index in [0.717, 1.165) is 6.42 Å². The molecule has 3 fully saturated rings.